The van der Waals surface area contributed by atoms with Crippen LogP contribution in [-0.4, -0.2) is 26.2 Å². The number of nitrogens with one attached hydrogen (secondary N) is 1. The second kappa shape index (κ2) is 2.81. The summed E-state index contributed by atoms with van der Waals surface area (Å²) in [6, 6.07) is 0.484. The molecule has 0 spiro atoms. The van der Waals surface area contributed by atoms with Crippen molar-refractivity contribution in [2.24, 2.45) is 10.7 Å². The van der Waals surface area contributed by atoms with E-state index in [1.54, 1.807) is 0 Å². The molecule has 72 valence electrons. The van der Waals surface area contributed by atoms with Gasteiger partial charge in [0.1, 0.15) is 0 Å². The van der Waals surface area contributed by atoms with Crippen LogP contribution >= 0.6 is 0 Å². The summed E-state index contributed by atoms with van der Waals surface area (Å²) >= 11 is 0. The summed E-state index contributed by atoms with van der Waals surface area (Å²) in [5.74, 6) is 0. The van der Waals surface area contributed by atoms with E-state index in [-0.39, 0.29) is 10.1 Å². The maximum Gasteiger partial charge on any atom is 0.238 e. The molecule has 0 unspecified atom stereocenters. The van der Waals surface area contributed by atoms with E-state index >= 15 is 0 Å². The van der Waals surface area contributed by atoms with Crippen LogP contribution in [-0.2, 0) is 9.84 Å². The van der Waals surface area contributed by atoms with Crippen LogP contribution in [0.25, 0.3) is 0 Å². The molecule has 5 nitrogen and oxygen atoms in total. The van der Waals surface area contributed by atoms with Crippen LogP contribution in [0.15, 0.2) is 16.1 Å². The van der Waals surface area contributed by atoms with Crippen molar-refractivity contribution in [1.29, 1.82) is 0 Å². The maximum absolute atomic E-state index is 11.4. The van der Waals surface area contributed by atoms with Crippen molar-refractivity contribution in [3.05, 3.63) is 11.1 Å². The predicted molar refractivity (Wildman–Crippen MR) is 49.6 cm³/mol. The summed E-state index contributed by atoms with van der Waals surface area (Å²) in [5, 5.41) is 2.81. The summed E-state index contributed by atoms with van der Waals surface area (Å²) < 4.78 is 22.7. The first-order chi connectivity index (χ1) is 6.10. The Morgan fingerprint density at radius 2 is 2.31 bits per heavy atom. The van der Waals surface area contributed by atoms with E-state index in [9.17, 15) is 8.42 Å². The Bertz CT molecular complexity index is 379. The molecule has 1 aliphatic carbocycles. The first-order valence-corrected chi connectivity index (χ1v) is 5.60. The van der Waals surface area contributed by atoms with E-state index in [1.165, 1.54) is 6.20 Å². The Kier molecular flexibility index (Phi) is 1.88. The molecule has 13 heavy (non-hydrogen) atoms. The van der Waals surface area contributed by atoms with Gasteiger partial charge in [-0.05, 0) is 12.8 Å². The molecule has 0 aromatic rings. The van der Waals surface area contributed by atoms with Gasteiger partial charge >= 0.3 is 0 Å². The number of aliphatic imine (C=N–C) groups is 1. The molecule has 1 heterocycles. The average Bonchev–Trinajstić information content (AvgIpc) is 2.83. The number of nitrogens with two attached hydrogens (primary N) is 1. The molecule has 1 saturated carbocycles. The molecule has 0 atom stereocenters. The van der Waals surface area contributed by atoms with Gasteiger partial charge in [-0.3, -0.25) is 0 Å². The molecule has 2 aliphatic rings. The average molecular weight is 201 g/mol. The molecule has 0 aromatic carbocycles. The SMILES string of the molecule is NC1=NC=C(CNC2CC2)S1(=O)=O. The van der Waals surface area contributed by atoms with Crippen molar-refractivity contribution in [3.8, 4) is 0 Å². The van der Waals surface area contributed by atoms with Gasteiger partial charge in [0, 0.05) is 18.8 Å². The molecule has 3 N–H and O–H groups in total. The van der Waals surface area contributed by atoms with Gasteiger partial charge in [-0.1, -0.05) is 0 Å². The first-order valence-electron chi connectivity index (χ1n) is 4.11. The van der Waals surface area contributed by atoms with Crippen LogP contribution in [0.3, 0.4) is 0 Å². The Labute approximate surface area is 76.6 Å². The normalized spacial score (nSPS) is 25.5. The van der Waals surface area contributed by atoms with E-state index in [0.717, 1.165) is 12.8 Å². The Morgan fingerprint density at radius 3 is 2.77 bits per heavy atom. The van der Waals surface area contributed by atoms with Crippen molar-refractivity contribution >= 4 is 15.0 Å². The summed E-state index contributed by atoms with van der Waals surface area (Å²) in [6.45, 7) is 0.344. The number of sulfone groups is 1. The van der Waals surface area contributed by atoms with E-state index in [2.05, 4.69) is 10.3 Å². The highest BCUT2D eigenvalue weighted by molar-refractivity contribution is 8.09. The van der Waals surface area contributed by atoms with Gasteiger partial charge in [-0.15, -0.1) is 0 Å². The molecule has 6 heteroatoms. The minimum absolute atomic E-state index is 0.275. The fourth-order valence-electron chi connectivity index (χ4n) is 1.08. The zero-order valence-corrected chi connectivity index (χ0v) is 7.84. The fourth-order valence-corrected chi connectivity index (χ4v) is 2.01. The van der Waals surface area contributed by atoms with Gasteiger partial charge in [0.2, 0.25) is 15.0 Å². The van der Waals surface area contributed by atoms with E-state index in [0.29, 0.717) is 12.6 Å². The highest BCUT2D eigenvalue weighted by Crippen LogP contribution is 2.20. The second-order valence-electron chi connectivity index (χ2n) is 3.22. The smallest absolute Gasteiger partial charge is 0.238 e. The largest absolute Gasteiger partial charge is 0.374 e. The molecule has 1 aliphatic heterocycles. The number of hydrogen-bond acceptors (Lipinski definition) is 5. The lowest BCUT2D eigenvalue weighted by atomic mass is 10.5. The van der Waals surface area contributed by atoms with E-state index in [1.807, 2.05) is 0 Å². The van der Waals surface area contributed by atoms with Crippen LogP contribution in [0.1, 0.15) is 12.8 Å². The molecular formula is C7H11N3O2S. The summed E-state index contributed by atoms with van der Waals surface area (Å²) in [5.41, 5.74) is 5.21. The number of rotatable bonds is 3. The maximum atomic E-state index is 11.4. The number of nitrogens with zero attached hydrogens (tertiary/aromatic N) is 1. The van der Waals surface area contributed by atoms with Crippen LogP contribution in [0, 0.1) is 0 Å². The summed E-state index contributed by atoms with van der Waals surface area (Å²) in [4.78, 5) is 3.85. The quantitative estimate of drug-likeness (QED) is 0.633. The first kappa shape index (κ1) is 8.71. The van der Waals surface area contributed by atoms with Gasteiger partial charge in [0.25, 0.3) is 0 Å². The molecular weight excluding hydrogens is 190 g/mol. The van der Waals surface area contributed by atoms with Crippen LogP contribution in [0.5, 0.6) is 0 Å². The van der Waals surface area contributed by atoms with Crippen molar-refractivity contribution in [3.63, 3.8) is 0 Å². The minimum atomic E-state index is -3.41. The van der Waals surface area contributed by atoms with Crippen molar-refractivity contribution in [2.45, 2.75) is 18.9 Å². The highest BCUT2D eigenvalue weighted by Gasteiger charge is 2.29. The molecule has 0 saturated heterocycles. The van der Waals surface area contributed by atoms with Gasteiger partial charge in [0.05, 0.1) is 4.91 Å². The van der Waals surface area contributed by atoms with Gasteiger partial charge in [0.15, 0.2) is 0 Å². The summed E-state index contributed by atoms with van der Waals surface area (Å²) in [6.07, 6.45) is 3.58. The third-order valence-corrected chi connectivity index (χ3v) is 3.69. The third kappa shape index (κ3) is 1.59. The lowest BCUT2D eigenvalue weighted by molar-refractivity contribution is 0.609. The van der Waals surface area contributed by atoms with E-state index < -0.39 is 9.84 Å². The molecule has 2 rings (SSSR count). The Hall–Kier alpha value is -0.880. The molecule has 0 amide bonds. The molecule has 0 radical (unpaired) electrons. The zero-order valence-electron chi connectivity index (χ0n) is 7.03. The zero-order chi connectivity index (χ0) is 9.47. The van der Waals surface area contributed by atoms with Crippen molar-refractivity contribution in [2.75, 3.05) is 6.54 Å². The highest BCUT2D eigenvalue weighted by atomic mass is 32.2. The summed E-state index contributed by atoms with van der Waals surface area (Å²) in [7, 11) is -3.41. The lowest BCUT2D eigenvalue weighted by Gasteiger charge is -2.02. The molecule has 0 bridgehead atoms. The standard InChI is InChI=1S/C7H11N3O2S/c8-7-10-4-6(13(7,11)12)3-9-5-1-2-5/h4-5,9H,1-3H2,(H2,8,10). The van der Waals surface area contributed by atoms with Crippen molar-refractivity contribution < 1.29 is 8.42 Å². The van der Waals surface area contributed by atoms with Gasteiger partial charge in [-0.25, -0.2) is 13.4 Å². The monoisotopic (exact) mass is 201 g/mol. The van der Waals surface area contributed by atoms with Gasteiger partial charge < -0.3 is 11.1 Å². The predicted octanol–water partition coefficient (Wildman–Crippen LogP) is -0.677. The lowest BCUT2D eigenvalue weighted by Crippen LogP contribution is -2.27. The van der Waals surface area contributed by atoms with Gasteiger partial charge in [-0.2, -0.15) is 0 Å². The second-order valence-corrected chi connectivity index (χ2v) is 5.17. The number of amidine groups is 1. The molecule has 1 fully saturated rings. The van der Waals surface area contributed by atoms with Crippen molar-refractivity contribution in [1.82, 2.24) is 5.32 Å². The third-order valence-electron chi connectivity index (χ3n) is 2.10. The van der Waals surface area contributed by atoms with Crippen LogP contribution < -0.4 is 11.1 Å². The minimum Gasteiger partial charge on any atom is -0.374 e. The topological polar surface area (TPSA) is 84.5 Å². The number of hydrogen-bond donors (Lipinski definition) is 2. The fraction of sp³-hybridized carbons (Fsp3) is 0.571. The van der Waals surface area contributed by atoms with Crippen LogP contribution in [0.2, 0.25) is 0 Å². The van der Waals surface area contributed by atoms with E-state index in [4.69, 9.17) is 5.73 Å². The van der Waals surface area contributed by atoms with Crippen LogP contribution in [0.4, 0.5) is 0 Å². The molecule has 0 aromatic heterocycles. The Balaban J connectivity index is 2.02. The Morgan fingerprint density at radius 1 is 1.62 bits per heavy atom.